The average molecular weight is 229 g/mol. The van der Waals surface area contributed by atoms with Crippen LogP contribution in [-0.2, 0) is 4.74 Å². The Morgan fingerprint density at radius 1 is 1.50 bits per heavy atom. The summed E-state index contributed by atoms with van der Waals surface area (Å²) in [6, 6.07) is 0. The lowest BCUT2D eigenvalue weighted by molar-refractivity contribution is -0.163. The summed E-state index contributed by atoms with van der Waals surface area (Å²) in [5, 5.41) is 10.7. The zero-order valence-electron chi connectivity index (χ0n) is 11.1. The first-order valence-electron chi connectivity index (χ1n) is 6.35. The molecule has 2 atom stereocenters. The van der Waals surface area contributed by atoms with Crippen LogP contribution in [0.15, 0.2) is 0 Å². The molecule has 1 aliphatic rings. The van der Waals surface area contributed by atoms with E-state index in [1.165, 1.54) is 0 Å². The molecule has 1 fully saturated rings. The molecule has 1 aliphatic carbocycles. The highest BCUT2D eigenvalue weighted by Gasteiger charge is 2.50. The average Bonchev–Trinajstić information content (AvgIpc) is 2.29. The molecular formula is C13H27NO2. The van der Waals surface area contributed by atoms with Crippen molar-refractivity contribution in [1.82, 2.24) is 0 Å². The minimum atomic E-state index is -0.837. The third-order valence-electron chi connectivity index (χ3n) is 4.84. The molecule has 96 valence electrons. The highest BCUT2D eigenvalue weighted by atomic mass is 16.5. The largest absolute Gasteiger partial charge is 0.387 e. The highest BCUT2D eigenvalue weighted by Crippen LogP contribution is 2.47. The highest BCUT2D eigenvalue weighted by molar-refractivity contribution is 5.02. The van der Waals surface area contributed by atoms with Crippen LogP contribution in [0.5, 0.6) is 0 Å². The van der Waals surface area contributed by atoms with Crippen LogP contribution in [0.1, 0.15) is 46.5 Å². The van der Waals surface area contributed by atoms with E-state index in [9.17, 15) is 5.11 Å². The number of methoxy groups -OCH3 is 1. The van der Waals surface area contributed by atoms with E-state index < -0.39 is 5.60 Å². The topological polar surface area (TPSA) is 55.5 Å². The van der Waals surface area contributed by atoms with E-state index in [0.717, 1.165) is 31.6 Å². The lowest BCUT2D eigenvalue weighted by Crippen LogP contribution is -2.58. The van der Waals surface area contributed by atoms with Crippen molar-refractivity contribution in [2.75, 3.05) is 13.7 Å². The molecular weight excluding hydrogens is 202 g/mol. The first-order chi connectivity index (χ1) is 7.39. The molecule has 0 aromatic carbocycles. The van der Waals surface area contributed by atoms with Gasteiger partial charge in [0.1, 0.15) is 0 Å². The van der Waals surface area contributed by atoms with Gasteiger partial charge in [-0.1, -0.05) is 19.8 Å². The maximum absolute atomic E-state index is 10.7. The predicted octanol–water partition coefficient (Wildman–Crippen LogP) is 1.93. The summed E-state index contributed by atoms with van der Waals surface area (Å²) >= 11 is 0. The van der Waals surface area contributed by atoms with Crippen LogP contribution >= 0.6 is 0 Å². The van der Waals surface area contributed by atoms with E-state index in [2.05, 4.69) is 6.92 Å². The van der Waals surface area contributed by atoms with Crippen LogP contribution in [0.4, 0.5) is 0 Å². The quantitative estimate of drug-likeness (QED) is 0.774. The zero-order chi connectivity index (χ0) is 12.4. The number of aliphatic hydroxyl groups is 1. The van der Waals surface area contributed by atoms with E-state index in [0.29, 0.717) is 6.54 Å². The van der Waals surface area contributed by atoms with Gasteiger partial charge in [-0.25, -0.2) is 0 Å². The van der Waals surface area contributed by atoms with Gasteiger partial charge in [-0.05, 0) is 32.6 Å². The van der Waals surface area contributed by atoms with Crippen molar-refractivity contribution in [3.8, 4) is 0 Å². The molecule has 1 rings (SSSR count). The molecule has 0 saturated heterocycles. The van der Waals surface area contributed by atoms with Crippen molar-refractivity contribution in [3.05, 3.63) is 0 Å². The Labute approximate surface area is 99.4 Å². The third-order valence-corrected chi connectivity index (χ3v) is 4.84. The SMILES string of the molecule is COC(C)C(C)(O)C1(CN)CCC(C)CC1. The van der Waals surface area contributed by atoms with E-state index in [1.54, 1.807) is 7.11 Å². The van der Waals surface area contributed by atoms with Gasteiger partial charge < -0.3 is 15.6 Å². The summed E-state index contributed by atoms with van der Waals surface area (Å²) in [5.74, 6) is 0.758. The second-order valence-corrected chi connectivity index (χ2v) is 5.69. The Morgan fingerprint density at radius 2 is 2.00 bits per heavy atom. The second kappa shape index (κ2) is 5.03. The lowest BCUT2D eigenvalue weighted by Gasteiger charge is -2.50. The fourth-order valence-electron chi connectivity index (χ4n) is 2.89. The Hall–Kier alpha value is -0.120. The molecule has 0 aliphatic heterocycles. The van der Waals surface area contributed by atoms with Crippen molar-refractivity contribution in [2.24, 2.45) is 17.1 Å². The first kappa shape index (κ1) is 13.9. The molecule has 3 N–H and O–H groups in total. The lowest BCUT2D eigenvalue weighted by atomic mass is 9.60. The minimum absolute atomic E-state index is 0.172. The minimum Gasteiger partial charge on any atom is -0.387 e. The maximum Gasteiger partial charge on any atom is 0.0945 e. The molecule has 2 unspecified atom stereocenters. The number of hydrogen-bond donors (Lipinski definition) is 2. The number of nitrogens with two attached hydrogens (primary N) is 1. The van der Waals surface area contributed by atoms with Crippen LogP contribution in [0, 0.1) is 11.3 Å². The van der Waals surface area contributed by atoms with Gasteiger partial charge >= 0.3 is 0 Å². The Balaban J connectivity index is 2.87. The van der Waals surface area contributed by atoms with Crippen molar-refractivity contribution >= 4 is 0 Å². The second-order valence-electron chi connectivity index (χ2n) is 5.69. The van der Waals surface area contributed by atoms with Gasteiger partial charge in [0.15, 0.2) is 0 Å². The molecule has 0 aromatic heterocycles. The fraction of sp³-hybridized carbons (Fsp3) is 1.00. The Morgan fingerprint density at radius 3 is 2.38 bits per heavy atom. The van der Waals surface area contributed by atoms with Gasteiger partial charge in [0.05, 0.1) is 11.7 Å². The van der Waals surface area contributed by atoms with Gasteiger partial charge in [0.25, 0.3) is 0 Å². The van der Waals surface area contributed by atoms with Crippen molar-refractivity contribution < 1.29 is 9.84 Å². The zero-order valence-corrected chi connectivity index (χ0v) is 11.1. The molecule has 0 radical (unpaired) electrons. The molecule has 3 heteroatoms. The van der Waals surface area contributed by atoms with Crippen LogP contribution in [-0.4, -0.2) is 30.5 Å². The first-order valence-corrected chi connectivity index (χ1v) is 6.35. The molecule has 0 heterocycles. The van der Waals surface area contributed by atoms with Gasteiger partial charge in [-0.3, -0.25) is 0 Å². The van der Waals surface area contributed by atoms with E-state index in [1.807, 2.05) is 13.8 Å². The van der Waals surface area contributed by atoms with Crippen LogP contribution < -0.4 is 5.73 Å². The summed E-state index contributed by atoms with van der Waals surface area (Å²) in [5.41, 5.74) is 4.94. The van der Waals surface area contributed by atoms with Crippen LogP contribution in [0.2, 0.25) is 0 Å². The molecule has 0 amide bonds. The molecule has 3 nitrogen and oxygen atoms in total. The smallest absolute Gasteiger partial charge is 0.0945 e. The van der Waals surface area contributed by atoms with Crippen molar-refractivity contribution in [1.29, 1.82) is 0 Å². The van der Waals surface area contributed by atoms with Crippen molar-refractivity contribution in [3.63, 3.8) is 0 Å². The van der Waals surface area contributed by atoms with Gasteiger partial charge in [0, 0.05) is 19.1 Å². The maximum atomic E-state index is 10.7. The van der Waals surface area contributed by atoms with Gasteiger partial charge in [0.2, 0.25) is 0 Å². The summed E-state index contributed by atoms with van der Waals surface area (Å²) in [6.07, 6.45) is 4.15. The normalized spacial score (nSPS) is 36.8. The third kappa shape index (κ3) is 2.27. The molecule has 0 bridgehead atoms. The van der Waals surface area contributed by atoms with Crippen molar-refractivity contribution in [2.45, 2.75) is 58.2 Å². The van der Waals surface area contributed by atoms with E-state index >= 15 is 0 Å². The fourth-order valence-corrected chi connectivity index (χ4v) is 2.89. The number of rotatable bonds is 4. The Bertz CT molecular complexity index is 220. The monoisotopic (exact) mass is 229 g/mol. The number of ether oxygens (including phenoxy) is 1. The van der Waals surface area contributed by atoms with Crippen LogP contribution in [0.25, 0.3) is 0 Å². The molecule has 0 spiro atoms. The van der Waals surface area contributed by atoms with Gasteiger partial charge in [-0.2, -0.15) is 0 Å². The van der Waals surface area contributed by atoms with Crippen LogP contribution in [0.3, 0.4) is 0 Å². The van der Waals surface area contributed by atoms with E-state index in [-0.39, 0.29) is 11.5 Å². The predicted molar refractivity (Wildman–Crippen MR) is 66.2 cm³/mol. The Kier molecular flexibility index (Phi) is 4.38. The molecule has 1 saturated carbocycles. The summed E-state index contributed by atoms with van der Waals surface area (Å²) < 4.78 is 5.32. The van der Waals surface area contributed by atoms with Gasteiger partial charge in [-0.15, -0.1) is 0 Å². The summed E-state index contributed by atoms with van der Waals surface area (Å²) in [6.45, 7) is 6.62. The summed E-state index contributed by atoms with van der Waals surface area (Å²) in [7, 11) is 1.65. The summed E-state index contributed by atoms with van der Waals surface area (Å²) in [4.78, 5) is 0. The molecule has 0 aromatic rings. The molecule has 16 heavy (non-hydrogen) atoms. The number of hydrogen-bond acceptors (Lipinski definition) is 3. The standard InChI is InChI=1S/C13H27NO2/c1-10-5-7-13(9-14,8-6-10)12(3,15)11(2)16-4/h10-11,15H,5-9,14H2,1-4H3. The van der Waals surface area contributed by atoms with E-state index in [4.69, 9.17) is 10.5 Å².